The highest BCUT2D eigenvalue weighted by molar-refractivity contribution is 5.89. The Labute approximate surface area is 194 Å². The number of carbonyl (C=O) groups excluding carboxylic acids is 2. The van der Waals surface area contributed by atoms with Crippen LogP contribution in [0.4, 0.5) is 5.95 Å². The molecule has 0 unspecified atom stereocenters. The number of nitrogens with zero attached hydrogens (tertiary/aromatic N) is 5. The first kappa shape index (κ1) is 22.7. The van der Waals surface area contributed by atoms with Crippen LogP contribution in [0.2, 0.25) is 0 Å². The van der Waals surface area contributed by atoms with Crippen molar-refractivity contribution in [1.29, 1.82) is 0 Å². The van der Waals surface area contributed by atoms with Gasteiger partial charge in [0.05, 0.1) is 19.6 Å². The molecule has 9 nitrogen and oxygen atoms in total. The average Bonchev–Trinajstić information content (AvgIpc) is 2.87. The van der Waals surface area contributed by atoms with Crippen LogP contribution in [0.5, 0.6) is 5.75 Å². The minimum Gasteiger partial charge on any atom is -0.496 e. The van der Waals surface area contributed by atoms with Crippen molar-refractivity contribution < 1.29 is 14.3 Å². The fourth-order valence-corrected chi connectivity index (χ4v) is 4.23. The Morgan fingerprint density at radius 1 is 1.12 bits per heavy atom. The predicted octanol–water partition coefficient (Wildman–Crippen LogP) is 1.04. The molecule has 2 amide bonds. The van der Waals surface area contributed by atoms with E-state index < -0.39 is 6.04 Å². The highest BCUT2D eigenvalue weighted by Gasteiger charge is 2.33. The summed E-state index contributed by atoms with van der Waals surface area (Å²) in [6.07, 6.45) is 7.63. The molecule has 1 atom stereocenters. The molecular weight excluding hydrogens is 420 g/mol. The molecule has 0 bridgehead atoms. The lowest BCUT2D eigenvalue weighted by Gasteiger charge is -2.37. The normalized spacial score (nSPS) is 19.5. The van der Waals surface area contributed by atoms with Crippen molar-refractivity contribution in [2.75, 3.05) is 57.8 Å². The van der Waals surface area contributed by atoms with Crippen LogP contribution in [0.1, 0.15) is 12.0 Å². The SMILES string of the molecule is COc1ccccc1/C=C/CN1CCNC(=O)[C@H]1CC(=O)N1CCN(c2ncccn2)CC1. The molecule has 0 saturated carbocycles. The Bertz CT molecular complexity index is 975. The molecule has 9 heteroatoms. The van der Waals surface area contributed by atoms with Crippen LogP contribution in [-0.2, 0) is 9.59 Å². The third kappa shape index (κ3) is 5.67. The summed E-state index contributed by atoms with van der Waals surface area (Å²) in [5.74, 6) is 1.40. The fraction of sp³-hybridized carbons (Fsp3) is 0.417. The van der Waals surface area contributed by atoms with Crippen molar-refractivity contribution >= 4 is 23.8 Å². The van der Waals surface area contributed by atoms with E-state index >= 15 is 0 Å². The third-order valence-corrected chi connectivity index (χ3v) is 6.05. The molecule has 2 aliphatic heterocycles. The second-order valence-corrected chi connectivity index (χ2v) is 8.07. The van der Waals surface area contributed by atoms with Gasteiger partial charge < -0.3 is 19.9 Å². The molecular formula is C24H30N6O3. The Hall–Kier alpha value is -3.46. The lowest BCUT2D eigenvalue weighted by Crippen LogP contribution is -2.57. The van der Waals surface area contributed by atoms with E-state index in [1.807, 2.05) is 41.3 Å². The van der Waals surface area contributed by atoms with Crippen molar-refractivity contribution in [2.24, 2.45) is 0 Å². The van der Waals surface area contributed by atoms with Crippen LogP contribution in [-0.4, -0.2) is 90.5 Å². The number of amides is 2. The van der Waals surface area contributed by atoms with Gasteiger partial charge in [0.1, 0.15) is 5.75 Å². The number of piperazine rings is 2. The Morgan fingerprint density at radius 2 is 1.88 bits per heavy atom. The quantitative estimate of drug-likeness (QED) is 0.674. The van der Waals surface area contributed by atoms with E-state index in [0.717, 1.165) is 11.3 Å². The second kappa shape index (κ2) is 10.9. The summed E-state index contributed by atoms with van der Waals surface area (Å²) in [7, 11) is 1.65. The minimum atomic E-state index is -0.468. The van der Waals surface area contributed by atoms with Gasteiger partial charge in [-0.15, -0.1) is 0 Å². The molecule has 2 aliphatic rings. The van der Waals surface area contributed by atoms with Crippen LogP contribution >= 0.6 is 0 Å². The number of ether oxygens (including phenoxy) is 1. The largest absolute Gasteiger partial charge is 0.496 e. The molecule has 4 rings (SSSR count). The summed E-state index contributed by atoms with van der Waals surface area (Å²) in [4.78, 5) is 40.2. The number of hydrogen-bond donors (Lipinski definition) is 1. The van der Waals surface area contributed by atoms with Crippen LogP contribution in [0.15, 0.2) is 48.8 Å². The van der Waals surface area contributed by atoms with Crippen molar-refractivity contribution in [3.63, 3.8) is 0 Å². The standard InChI is InChI=1S/C24H30N6O3/c1-33-21-8-3-2-6-19(21)7-4-12-28-13-11-25-23(32)20(28)18-22(31)29-14-16-30(17-15-29)24-26-9-5-10-27-24/h2-10,20H,11-18H2,1H3,(H,25,32)/b7-4+/t20-/m1/s1. The highest BCUT2D eigenvalue weighted by Crippen LogP contribution is 2.19. The van der Waals surface area contributed by atoms with Gasteiger partial charge in [-0.2, -0.15) is 0 Å². The first-order valence-electron chi connectivity index (χ1n) is 11.3. The molecule has 33 heavy (non-hydrogen) atoms. The van der Waals surface area contributed by atoms with E-state index in [-0.39, 0.29) is 18.2 Å². The van der Waals surface area contributed by atoms with Crippen molar-refractivity contribution in [3.8, 4) is 5.75 Å². The number of methoxy groups -OCH3 is 1. The number of aromatic nitrogens is 2. The lowest BCUT2D eigenvalue weighted by atomic mass is 10.1. The molecule has 2 saturated heterocycles. The first-order valence-corrected chi connectivity index (χ1v) is 11.3. The van der Waals surface area contributed by atoms with Crippen LogP contribution < -0.4 is 15.0 Å². The monoisotopic (exact) mass is 450 g/mol. The van der Waals surface area contributed by atoms with E-state index in [9.17, 15) is 9.59 Å². The zero-order valence-corrected chi connectivity index (χ0v) is 18.9. The molecule has 2 fully saturated rings. The predicted molar refractivity (Wildman–Crippen MR) is 126 cm³/mol. The van der Waals surface area contributed by atoms with E-state index in [2.05, 4.69) is 25.1 Å². The number of carbonyl (C=O) groups is 2. The minimum absolute atomic E-state index is 0.00406. The number of benzene rings is 1. The molecule has 174 valence electrons. The Kier molecular flexibility index (Phi) is 7.51. The summed E-state index contributed by atoms with van der Waals surface area (Å²) >= 11 is 0. The topological polar surface area (TPSA) is 90.9 Å². The van der Waals surface area contributed by atoms with Gasteiger partial charge in [-0.25, -0.2) is 9.97 Å². The summed E-state index contributed by atoms with van der Waals surface area (Å²) in [5, 5.41) is 2.91. The van der Waals surface area contributed by atoms with E-state index in [1.165, 1.54) is 0 Å². The molecule has 2 aromatic rings. The number of nitrogens with one attached hydrogen (secondary N) is 1. The smallest absolute Gasteiger partial charge is 0.237 e. The summed E-state index contributed by atoms with van der Waals surface area (Å²) < 4.78 is 5.39. The Morgan fingerprint density at radius 3 is 2.64 bits per heavy atom. The van der Waals surface area contributed by atoms with Gasteiger partial charge in [0.25, 0.3) is 0 Å². The maximum Gasteiger partial charge on any atom is 0.237 e. The van der Waals surface area contributed by atoms with Crippen molar-refractivity contribution in [2.45, 2.75) is 12.5 Å². The van der Waals surface area contributed by atoms with Gasteiger partial charge in [0, 0.05) is 63.8 Å². The zero-order chi connectivity index (χ0) is 23.0. The van der Waals surface area contributed by atoms with Crippen LogP contribution in [0, 0.1) is 0 Å². The molecule has 0 spiro atoms. The van der Waals surface area contributed by atoms with Gasteiger partial charge >= 0.3 is 0 Å². The van der Waals surface area contributed by atoms with Gasteiger partial charge in [-0.05, 0) is 12.1 Å². The second-order valence-electron chi connectivity index (χ2n) is 8.07. The van der Waals surface area contributed by atoms with Gasteiger partial charge in [-0.3, -0.25) is 14.5 Å². The summed E-state index contributed by atoms with van der Waals surface area (Å²) in [6, 6.07) is 9.11. The number of anilines is 1. The molecule has 1 aromatic heterocycles. The number of rotatable bonds is 7. The fourth-order valence-electron chi connectivity index (χ4n) is 4.23. The van der Waals surface area contributed by atoms with Gasteiger partial charge in [0.2, 0.25) is 17.8 Å². The maximum absolute atomic E-state index is 13.0. The molecule has 1 aromatic carbocycles. The van der Waals surface area contributed by atoms with Gasteiger partial charge in [0.15, 0.2) is 0 Å². The van der Waals surface area contributed by atoms with E-state index in [0.29, 0.717) is 51.8 Å². The van der Waals surface area contributed by atoms with Gasteiger partial charge in [-0.1, -0.05) is 30.4 Å². The molecule has 0 aliphatic carbocycles. The average molecular weight is 451 g/mol. The molecule has 1 N–H and O–H groups in total. The van der Waals surface area contributed by atoms with Crippen LogP contribution in [0.3, 0.4) is 0 Å². The van der Waals surface area contributed by atoms with Crippen molar-refractivity contribution in [3.05, 3.63) is 54.4 Å². The summed E-state index contributed by atoms with van der Waals surface area (Å²) in [5.41, 5.74) is 0.981. The highest BCUT2D eigenvalue weighted by atomic mass is 16.5. The van der Waals surface area contributed by atoms with Crippen molar-refractivity contribution in [1.82, 2.24) is 25.1 Å². The number of hydrogen-bond acceptors (Lipinski definition) is 7. The van der Waals surface area contributed by atoms with E-state index in [4.69, 9.17) is 4.74 Å². The summed E-state index contributed by atoms with van der Waals surface area (Å²) in [6.45, 7) is 4.43. The number of para-hydroxylation sites is 1. The lowest BCUT2D eigenvalue weighted by molar-refractivity contribution is -0.138. The van der Waals surface area contributed by atoms with E-state index in [1.54, 1.807) is 25.6 Å². The molecule has 0 radical (unpaired) electrons. The zero-order valence-electron chi connectivity index (χ0n) is 18.9. The third-order valence-electron chi connectivity index (χ3n) is 6.05. The maximum atomic E-state index is 13.0. The van der Waals surface area contributed by atoms with Crippen LogP contribution in [0.25, 0.3) is 6.08 Å². The Balaban J connectivity index is 1.33. The first-order chi connectivity index (χ1) is 16.2. The molecule has 3 heterocycles.